The minimum absolute atomic E-state index is 0.0518. The molecule has 0 aliphatic heterocycles. The van der Waals surface area contributed by atoms with Gasteiger partial charge in [0.2, 0.25) is 5.82 Å². The molecule has 8 heteroatoms. The van der Waals surface area contributed by atoms with Gasteiger partial charge in [-0.2, -0.15) is 13.2 Å². The van der Waals surface area contributed by atoms with E-state index in [1.807, 2.05) is 0 Å². The molecule has 1 aromatic carbocycles. The Labute approximate surface area is 111 Å². The molecule has 0 aliphatic rings. The number of nitrogens with two attached hydrogens (primary N) is 1. The van der Waals surface area contributed by atoms with Gasteiger partial charge in [0.25, 0.3) is 0 Å². The van der Waals surface area contributed by atoms with Crippen LogP contribution in [0.4, 0.5) is 19.0 Å². The van der Waals surface area contributed by atoms with Gasteiger partial charge >= 0.3 is 12.1 Å². The molecule has 0 unspecified atom stereocenters. The first-order valence-electron chi connectivity index (χ1n) is 5.34. The fraction of sp³-hybridized carbons (Fsp3) is 0.0833. The van der Waals surface area contributed by atoms with Crippen LogP contribution in [0, 0.1) is 0 Å². The van der Waals surface area contributed by atoms with E-state index in [1.54, 1.807) is 0 Å². The summed E-state index contributed by atoms with van der Waals surface area (Å²) in [5, 5.41) is 0. The second-order valence-electron chi connectivity index (χ2n) is 3.72. The molecule has 0 aliphatic carbocycles. The number of benzene rings is 1. The van der Waals surface area contributed by atoms with Crippen LogP contribution in [0.3, 0.4) is 0 Å². The third-order valence-corrected chi connectivity index (χ3v) is 2.23. The first kappa shape index (κ1) is 13.8. The lowest BCUT2D eigenvalue weighted by molar-refractivity contribution is -0.137. The molecule has 0 atom stereocenters. The summed E-state index contributed by atoms with van der Waals surface area (Å²) >= 11 is 0. The smallest absolute Gasteiger partial charge is 0.416 e. The molecular weight excluding hydrogens is 275 g/mol. The normalized spacial score (nSPS) is 11.2. The van der Waals surface area contributed by atoms with E-state index in [9.17, 15) is 18.0 Å². The Morgan fingerprint density at radius 2 is 2.00 bits per heavy atom. The number of hydrogen-bond acceptors (Lipinski definition) is 5. The monoisotopic (exact) mass is 283 g/mol. The Morgan fingerprint density at radius 3 is 2.65 bits per heavy atom. The maximum atomic E-state index is 12.5. The highest BCUT2D eigenvalue weighted by molar-refractivity contribution is 5.87. The van der Waals surface area contributed by atoms with Gasteiger partial charge in [-0.25, -0.2) is 14.8 Å². The summed E-state index contributed by atoms with van der Waals surface area (Å²) < 4.78 is 42.3. The molecule has 2 aromatic rings. The van der Waals surface area contributed by atoms with Crippen molar-refractivity contribution in [3.8, 4) is 5.75 Å². The molecule has 2 N–H and O–H groups in total. The van der Waals surface area contributed by atoms with Gasteiger partial charge in [-0.05, 0) is 24.3 Å². The number of aromatic nitrogens is 2. The van der Waals surface area contributed by atoms with Crippen molar-refractivity contribution < 1.29 is 22.7 Å². The zero-order valence-electron chi connectivity index (χ0n) is 9.89. The van der Waals surface area contributed by atoms with Crippen molar-refractivity contribution in [2.75, 3.05) is 5.73 Å². The summed E-state index contributed by atoms with van der Waals surface area (Å²) in [4.78, 5) is 18.9. The largest absolute Gasteiger partial charge is 0.421 e. The quantitative estimate of drug-likeness (QED) is 0.676. The lowest BCUT2D eigenvalue weighted by Crippen LogP contribution is -2.14. The van der Waals surface area contributed by atoms with Crippen LogP contribution in [0.2, 0.25) is 0 Å². The zero-order valence-corrected chi connectivity index (χ0v) is 9.89. The molecule has 1 heterocycles. The predicted molar refractivity (Wildman–Crippen MR) is 62.8 cm³/mol. The number of carbonyl (C=O) groups is 1. The Morgan fingerprint density at radius 1 is 1.25 bits per heavy atom. The summed E-state index contributed by atoms with van der Waals surface area (Å²) in [6.07, 6.45) is -3.28. The van der Waals surface area contributed by atoms with Gasteiger partial charge in [-0.1, -0.05) is 6.07 Å². The van der Waals surface area contributed by atoms with E-state index in [1.165, 1.54) is 18.3 Å². The van der Waals surface area contributed by atoms with E-state index in [4.69, 9.17) is 10.5 Å². The molecule has 0 bridgehead atoms. The van der Waals surface area contributed by atoms with Gasteiger partial charge in [-0.3, -0.25) is 0 Å². The predicted octanol–water partition coefficient (Wildman–Crippen LogP) is 2.30. The van der Waals surface area contributed by atoms with Crippen molar-refractivity contribution in [3.63, 3.8) is 0 Å². The van der Waals surface area contributed by atoms with Crippen LogP contribution < -0.4 is 10.5 Å². The summed E-state index contributed by atoms with van der Waals surface area (Å²) in [5.74, 6) is -1.52. The van der Waals surface area contributed by atoms with Crippen molar-refractivity contribution >= 4 is 11.8 Å². The fourth-order valence-corrected chi connectivity index (χ4v) is 1.36. The number of alkyl halides is 3. The SMILES string of the molecule is Nc1ccnc(C(=O)Oc2cccc(C(F)(F)F)c2)n1. The number of nitrogen functional groups attached to an aromatic ring is 1. The van der Waals surface area contributed by atoms with Crippen LogP contribution in [0.5, 0.6) is 5.75 Å². The van der Waals surface area contributed by atoms with Crippen LogP contribution in [0.15, 0.2) is 36.5 Å². The van der Waals surface area contributed by atoms with Crippen LogP contribution in [-0.2, 0) is 6.18 Å². The van der Waals surface area contributed by atoms with Gasteiger partial charge in [0.15, 0.2) is 0 Å². The average Bonchev–Trinajstić information content (AvgIpc) is 2.38. The topological polar surface area (TPSA) is 78.1 Å². The van der Waals surface area contributed by atoms with Crippen LogP contribution in [0.25, 0.3) is 0 Å². The van der Waals surface area contributed by atoms with Crippen LogP contribution in [0.1, 0.15) is 16.2 Å². The molecule has 0 saturated carbocycles. The Hall–Kier alpha value is -2.64. The Bertz CT molecular complexity index is 644. The number of nitrogens with zero attached hydrogens (tertiary/aromatic N) is 2. The summed E-state index contributed by atoms with van der Waals surface area (Å²) in [5.41, 5.74) is 4.44. The molecule has 20 heavy (non-hydrogen) atoms. The minimum Gasteiger partial charge on any atom is -0.421 e. The standard InChI is InChI=1S/C12H8F3N3O2/c13-12(14,15)7-2-1-3-8(6-7)20-11(19)10-17-5-4-9(16)18-10/h1-6H,(H2,16,17,18). The summed E-state index contributed by atoms with van der Waals surface area (Å²) in [6, 6.07) is 5.30. The zero-order chi connectivity index (χ0) is 14.8. The number of ether oxygens (including phenoxy) is 1. The van der Waals surface area contributed by atoms with E-state index >= 15 is 0 Å². The lowest BCUT2D eigenvalue weighted by Gasteiger charge is -2.08. The maximum Gasteiger partial charge on any atom is 0.416 e. The molecule has 0 saturated heterocycles. The van der Waals surface area contributed by atoms with Gasteiger partial charge in [0, 0.05) is 6.20 Å². The van der Waals surface area contributed by atoms with Gasteiger partial charge in [0.1, 0.15) is 11.6 Å². The number of carbonyl (C=O) groups excluding carboxylic acids is 1. The number of hydrogen-bond donors (Lipinski definition) is 1. The average molecular weight is 283 g/mol. The second-order valence-corrected chi connectivity index (χ2v) is 3.72. The molecule has 0 fully saturated rings. The first-order chi connectivity index (χ1) is 9.36. The number of anilines is 1. The van der Waals surface area contributed by atoms with Gasteiger partial charge < -0.3 is 10.5 Å². The van der Waals surface area contributed by atoms with Gasteiger partial charge in [0.05, 0.1) is 5.56 Å². The van der Waals surface area contributed by atoms with Crippen molar-refractivity contribution in [2.45, 2.75) is 6.18 Å². The molecule has 0 amide bonds. The number of halogens is 3. The Balaban J connectivity index is 2.20. The molecule has 1 aromatic heterocycles. The van der Waals surface area contributed by atoms with Crippen molar-refractivity contribution in [3.05, 3.63) is 47.9 Å². The van der Waals surface area contributed by atoms with E-state index in [0.29, 0.717) is 6.07 Å². The number of esters is 1. The molecule has 0 radical (unpaired) electrons. The molecule has 5 nitrogen and oxygen atoms in total. The van der Waals surface area contributed by atoms with Crippen molar-refractivity contribution in [1.82, 2.24) is 9.97 Å². The Kier molecular flexibility index (Phi) is 3.55. The van der Waals surface area contributed by atoms with E-state index < -0.39 is 17.7 Å². The lowest BCUT2D eigenvalue weighted by atomic mass is 10.2. The van der Waals surface area contributed by atoms with Gasteiger partial charge in [-0.15, -0.1) is 0 Å². The third-order valence-electron chi connectivity index (χ3n) is 2.23. The van der Waals surface area contributed by atoms with Crippen LogP contribution >= 0.6 is 0 Å². The highest BCUT2D eigenvalue weighted by atomic mass is 19.4. The first-order valence-corrected chi connectivity index (χ1v) is 5.34. The third kappa shape index (κ3) is 3.22. The highest BCUT2D eigenvalue weighted by Crippen LogP contribution is 2.31. The number of rotatable bonds is 2. The van der Waals surface area contributed by atoms with E-state index in [0.717, 1.165) is 12.1 Å². The second kappa shape index (κ2) is 5.16. The molecule has 0 spiro atoms. The fourth-order valence-electron chi connectivity index (χ4n) is 1.36. The molecular formula is C12H8F3N3O2. The van der Waals surface area contributed by atoms with Crippen molar-refractivity contribution in [2.24, 2.45) is 0 Å². The maximum absolute atomic E-state index is 12.5. The van der Waals surface area contributed by atoms with Crippen LogP contribution in [-0.4, -0.2) is 15.9 Å². The van der Waals surface area contributed by atoms with E-state index in [2.05, 4.69) is 9.97 Å². The molecule has 2 rings (SSSR count). The minimum atomic E-state index is -4.52. The van der Waals surface area contributed by atoms with E-state index in [-0.39, 0.29) is 17.4 Å². The molecule has 104 valence electrons. The highest BCUT2D eigenvalue weighted by Gasteiger charge is 2.30. The summed E-state index contributed by atoms with van der Waals surface area (Å²) in [6.45, 7) is 0. The summed E-state index contributed by atoms with van der Waals surface area (Å²) in [7, 11) is 0. The van der Waals surface area contributed by atoms with Crippen molar-refractivity contribution in [1.29, 1.82) is 0 Å².